The number of carbonyl (C=O) groups excluding carboxylic acids is 4. The van der Waals surface area contributed by atoms with Gasteiger partial charge in [0.15, 0.2) is 0 Å². The molecule has 7 nitrogen and oxygen atoms in total. The summed E-state index contributed by atoms with van der Waals surface area (Å²) in [7, 11) is 0. The van der Waals surface area contributed by atoms with Crippen LogP contribution in [0, 0.1) is 11.7 Å². The van der Waals surface area contributed by atoms with Crippen molar-refractivity contribution in [1.82, 2.24) is 9.80 Å². The summed E-state index contributed by atoms with van der Waals surface area (Å²) in [6.07, 6.45) is 3.91. The maximum absolute atomic E-state index is 14.9. The number of likely N-dealkylation sites (tertiary alicyclic amines) is 2. The number of imide groups is 1. The molecule has 0 aromatic heterocycles. The third kappa shape index (κ3) is 4.39. The zero-order chi connectivity index (χ0) is 23.6. The molecule has 4 rings (SSSR count). The van der Waals surface area contributed by atoms with E-state index in [1.807, 2.05) is 0 Å². The van der Waals surface area contributed by atoms with E-state index in [4.69, 9.17) is 4.74 Å². The van der Waals surface area contributed by atoms with Gasteiger partial charge in [0.05, 0.1) is 17.9 Å². The molecule has 8 heteroatoms. The molecule has 3 fully saturated rings. The SMILES string of the molecule is CCOC(=O)C1CCN(C(=O)CC2(c3ccccc3F)CC(=O)N(C3CCCC3)C2=O)CC1. The predicted octanol–water partition coefficient (Wildman–Crippen LogP) is 2.96. The summed E-state index contributed by atoms with van der Waals surface area (Å²) in [5.74, 6) is -2.17. The maximum atomic E-state index is 14.9. The fourth-order valence-corrected chi connectivity index (χ4v) is 5.58. The number of carbonyl (C=O) groups is 4. The van der Waals surface area contributed by atoms with Crippen molar-refractivity contribution in [2.75, 3.05) is 19.7 Å². The number of rotatable bonds is 6. The number of halogens is 1. The van der Waals surface area contributed by atoms with Gasteiger partial charge in [0.25, 0.3) is 0 Å². The Hall–Kier alpha value is -2.77. The van der Waals surface area contributed by atoms with Crippen molar-refractivity contribution >= 4 is 23.7 Å². The van der Waals surface area contributed by atoms with Crippen LogP contribution in [0.2, 0.25) is 0 Å². The molecular weight excluding hydrogens is 427 g/mol. The molecule has 1 atom stereocenters. The standard InChI is InChI=1S/C25H31FN2O5/c1-2-33-23(31)17-11-13-27(14-12-17)21(29)15-25(19-9-5-6-10-20(19)26)16-22(30)28(24(25)32)18-7-3-4-8-18/h5-6,9-10,17-18H,2-4,7-8,11-16H2,1H3. The second kappa shape index (κ2) is 9.61. The zero-order valence-electron chi connectivity index (χ0n) is 19.1. The number of ether oxygens (including phenoxy) is 1. The van der Waals surface area contributed by atoms with E-state index in [0.717, 1.165) is 25.7 Å². The Morgan fingerprint density at radius 2 is 1.76 bits per heavy atom. The highest BCUT2D eigenvalue weighted by Gasteiger charge is 2.57. The van der Waals surface area contributed by atoms with Crippen LogP contribution < -0.4 is 0 Å². The van der Waals surface area contributed by atoms with Gasteiger partial charge in [0.2, 0.25) is 17.7 Å². The van der Waals surface area contributed by atoms with Crippen molar-refractivity contribution in [1.29, 1.82) is 0 Å². The van der Waals surface area contributed by atoms with E-state index >= 15 is 0 Å². The average molecular weight is 459 g/mol. The first-order valence-electron chi connectivity index (χ1n) is 11.9. The molecule has 2 heterocycles. The summed E-state index contributed by atoms with van der Waals surface area (Å²) in [5.41, 5.74) is -1.42. The number of nitrogens with zero attached hydrogens (tertiary/aromatic N) is 2. The minimum Gasteiger partial charge on any atom is -0.466 e. The summed E-state index contributed by atoms with van der Waals surface area (Å²) in [6.45, 7) is 2.80. The Morgan fingerprint density at radius 3 is 2.39 bits per heavy atom. The molecule has 0 spiro atoms. The lowest BCUT2D eigenvalue weighted by Gasteiger charge is -2.34. The van der Waals surface area contributed by atoms with Crippen LogP contribution in [0.3, 0.4) is 0 Å². The van der Waals surface area contributed by atoms with Crippen molar-refractivity contribution < 1.29 is 28.3 Å². The number of benzene rings is 1. The summed E-state index contributed by atoms with van der Waals surface area (Å²) in [4.78, 5) is 55.0. The number of esters is 1. The molecule has 178 valence electrons. The molecule has 1 aromatic carbocycles. The topological polar surface area (TPSA) is 84.0 Å². The highest BCUT2D eigenvalue weighted by molar-refractivity contribution is 6.11. The largest absolute Gasteiger partial charge is 0.466 e. The van der Waals surface area contributed by atoms with Gasteiger partial charge in [-0.3, -0.25) is 24.1 Å². The van der Waals surface area contributed by atoms with E-state index in [-0.39, 0.29) is 48.1 Å². The molecule has 3 aliphatic rings. The number of amides is 3. The van der Waals surface area contributed by atoms with Crippen LogP contribution in [-0.4, -0.2) is 59.2 Å². The first-order valence-corrected chi connectivity index (χ1v) is 11.9. The monoisotopic (exact) mass is 458 g/mol. The molecule has 2 aliphatic heterocycles. The molecule has 1 aromatic rings. The fourth-order valence-electron chi connectivity index (χ4n) is 5.58. The normalized spacial score (nSPS) is 24.5. The molecule has 3 amide bonds. The van der Waals surface area contributed by atoms with Crippen molar-refractivity contribution in [3.05, 3.63) is 35.6 Å². The minimum atomic E-state index is -1.53. The highest BCUT2D eigenvalue weighted by Crippen LogP contribution is 2.44. The number of hydrogen-bond acceptors (Lipinski definition) is 5. The van der Waals surface area contributed by atoms with Crippen LogP contribution in [0.1, 0.15) is 63.9 Å². The molecule has 0 N–H and O–H groups in total. The molecule has 0 bridgehead atoms. The van der Waals surface area contributed by atoms with Crippen molar-refractivity contribution in [2.24, 2.45) is 5.92 Å². The van der Waals surface area contributed by atoms with Gasteiger partial charge in [-0.2, -0.15) is 0 Å². The number of piperidine rings is 1. The molecule has 1 aliphatic carbocycles. The van der Waals surface area contributed by atoms with Crippen molar-refractivity contribution in [3.63, 3.8) is 0 Å². The molecule has 1 saturated carbocycles. The summed E-state index contributed by atoms with van der Waals surface area (Å²) in [5, 5.41) is 0. The van der Waals surface area contributed by atoms with E-state index in [9.17, 15) is 23.6 Å². The Bertz CT molecular complexity index is 936. The van der Waals surface area contributed by atoms with Crippen LogP contribution in [0.15, 0.2) is 24.3 Å². The van der Waals surface area contributed by atoms with E-state index in [0.29, 0.717) is 32.5 Å². The quantitative estimate of drug-likeness (QED) is 0.483. The first kappa shape index (κ1) is 23.4. The van der Waals surface area contributed by atoms with Crippen molar-refractivity contribution in [2.45, 2.75) is 69.7 Å². The molecular formula is C25H31FN2O5. The van der Waals surface area contributed by atoms with Gasteiger partial charge in [0, 0.05) is 37.5 Å². The van der Waals surface area contributed by atoms with Gasteiger partial charge in [-0.15, -0.1) is 0 Å². The summed E-state index contributed by atoms with van der Waals surface area (Å²) in [6, 6.07) is 5.77. The second-order valence-electron chi connectivity index (χ2n) is 9.33. The van der Waals surface area contributed by atoms with E-state index < -0.39 is 17.1 Å². The minimum absolute atomic E-state index is 0.110. The average Bonchev–Trinajstić information content (AvgIpc) is 3.41. The molecule has 0 radical (unpaired) electrons. The van der Waals surface area contributed by atoms with Gasteiger partial charge >= 0.3 is 5.97 Å². The lowest BCUT2D eigenvalue weighted by atomic mass is 9.75. The first-order chi connectivity index (χ1) is 15.9. The Labute approximate surface area is 193 Å². The van der Waals surface area contributed by atoms with E-state index in [1.165, 1.54) is 23.1 Å². The van der Waals surface area contributed by atoms with Gasteiger partial charge in [-0.05, 0) is 38.7 Å². The predicted molar refractivity (Wildman–Crippen MR) is 117 cm³/mol. The van der Waals surface area contributed by atoms with Crippen LogP contribution in [-0.2, 0) is 29.3 Å². The Balaban J connectivity index is 1.57. The molecule has 1 unspecified atom stereocenters. The zero-order valence-corrected chi connectivity index (χ0v) is 19.1. The highest BCUT2D eigenvalue weighted by atomic mass is 19.1. The van der Waals surface area contributed by atoms with Crippen molar-refractivity contribution in [3.8, 4) is 0 Å². The van der Waals surface area contributed by atoms with Gasteiger partial charge < -0.3 is 9.64 Å². The maximum Gasteiger partial charge on any atom is 0.309 e. The smallest absolute Gasteiger partial charge is 0.309 e. The van der Waals surface area contributed by atoms with Gasteiger partial charge in [0.1, 0.15) is 5.82 Å². The van der Waals surface area contributed by atoms with E-state index in [2.05, 4.69) is 0 Å². The second-order valence-corrected chi connectivity index (χ2v) is 9.33. The lowest BCUT2D eigenvalue weighted by molar-refractivity contribution is -0.151. The van der Waals surface area contributed by atoms with E-state index in [1.54, 1.807) is 17.9 Å². The fraction of sp³-hybridized carbons (Fsp3) is 0.600. The van der Waals surface area contributed by atoms with Crippen LogP contribution in [0.5, 0.6) is 0 Å². The lowest BCUT2D eigenvalue weighted by Crippen LogP contribution is -2.47. The van der Waals surface area contributed by atoms with Gasteiger partial charge in [-0.1, -0.05) is 31.0 Å². The Kier molecular flexibility index (Phi) is 6.81. The molecule has 33 heavy (non-hydrogen) atoms. The van der Waals surface area contributed by atoms with Crippen LogP contribution in [0.4, 0.5) is 4.39 Å². The summed E-state index contributed by atoms with van der Waals surface area (Å²) >= 11 is 0. The van der Waals surface area contributed by atoms with Crippen LogP contribution >= 0.6 is 0 Å². The van der Waals surface area contributed by atoms with Gasteiger partial charge in [-0.25, -0.2) is 4.39 Å². The van der Waals surface area contributed by atoms with Crippen LogP contribution in [0.25, 0.3) is 0 Å². The third-order valence-corrected chi connectivity index (χ3v) is 7.35. The summed E-state index contributed by atoms with van der Waals surface area (Å²) < 4.78 is 20.0. The third-order valence-electron chi connectivity index (χ3n) is 7.35. The molecule has 2 saturated heterocycles. The Morgan fingerprint density at radius 1 is 1.09 bits per heavy atom. The number of hydrogen-bond donors (Lipinski definition) is 0.